The summed E-state index contributed by atoms with van der Waals surface area (Å²) in [5, 5.41) is 14.4. The minimum atomic E-state index is -4.27. The predicted octanol–water partition coefficient (Wildman–Crippen LogP) is 4.49. The smallest absolute Gasteiger partial charge is 0.365 e. The molecule has 3 fully saturated rings. The van der Waals surface area contributed by atoms with Gasteiger partial charge in [-0.15, -0.1) is 0 Å². The molecule has 5 heterocycles. The summed E-state index contributed by atoms with van der Waals surface area (Å²) >= 11 is 0. The molecule has 1 spiro atoms. The Hall–Kier alpha value is -4.21. The third-order valence-electron chi connectivity index (χ3n) is 9.69. The van der Waals surface area contributed by atoms with Gasteiger partial charge in [0.2, 0.25) is 5.91 Å². The van der Waals surface area contributed by atoms with Gasteiger partial charge < -0.3 is 19.5 Å². The Morgan fingerprint density at radius 2 is 1.91 bits per heavy atom. The van der Waals surface area contributed by atoms with Crippen LogP contribution in [0.1, 0.15) is 35.2 Å². The molecule has 7 rings (SSSR count). The van der Waals surface area contributed by atoms with Gasteiger partial charge in [0, 0.05) is 47.9 Å². The molecule has 0 bridgehead atoms. The van der Waals surface area contributed by atoms with Gasteiger partial charge in [0.25, 0.3) is 0 Å². The van der Waals surface area contributed by atoms with Crippen molar-refractivity contribution in [3.63, 3.8) is 0 Å². The molecule has 3 aliphatic rings. The third-order valence-corrected chi connectivity index (χ3v) is 9.69. The van der Waals surface area contributed by atoms with Gasteiger partial charge in [-0.25, -0.2) is 9.97 Å². The third kappa shape index (κ3) is 5.82. The van der Waals surface area contributed by atoms with Crippen LogP contribution >= 0.6 is 0 Å². The second kappa shape index (κ2) is 11.3. The van der Waals surface area contributed by atoms with Crippen molar-refractivity contribution in [2.45, 2.75) is 51.6 Å². The minimum absolute atomic E-state index is 0.0355. The number of nitriles is 1. The molecule has 1 N–H and O–H groups in total. The van der Waals surface area contributed by atoms with Crippen LogP contribution < -0.4 is 10.2 Å². The van der Waals surface area contributed by atoms with E-state index in [1.807, 2.05) is 10.6 Å². The fraction of sp³-hybridized carbons (Fsp3) is 0.455. The van der Waals surface area contributed by atoms with E-state index in [4.69, 9.17) is 4.74 Å². The maximum absolute atomic E-state index is 13.0. The second-order valence-corrected chi connectivity index (χ2v) is 12.7. The number of carbonyl (C=O) groups excluding carboxylic acids is 1. The van der Waals surface area contributed by atoms with Crippen LogP contribution in [0.4, 0.5) is 19.0 Å². The number of carbonyl (C=O) groups is 1. The van der Waals surface area contributed by atoms with Gasteiger partial charge in [0.1, 0.15) is 30.5 Å². The average Bonchev–Trinajstić information content (AvgIpc) is 3.36. The van der Waals surface area contributed by atoms with Crippen molar-refractivity contribution in [1.82, 2.24) is 24.8 Å². The molecule has 2 aromatic heterocycles. The SMILES string of the molecule is Cc1c(CN2CCC3(CC2)CN(c2ncnc4ccc(CC(F)(F)F)cc24)C3)ccc2c1cc(C#N)n2C[C@H]1CNC(=O)CO1. The quantitative estimate of drug-likeness (QED) is 0.341. The van der Waals surface area contributed by atoms with Gasteiger partial charge in [-0.3, -0.25) is 9.69 Å². The highest BCUT2D eigenvalue weighted by Crippen LogP contribution is 2.44. The molecular weight excluding hydrogens is 583 g/mol. The van der Waals surface area contributed by atoms with Gasteiger partial charge in [-0.1, -0.05) is 12.1 Å². The first kappa shape index (κ1) is 29.5. The minimum Gasteiger partial charge on any atom is -0.365 e. The van der Waals surface area contributed by atoms with Crippen molar-refractivity contribution in [2.24, 2.45) is 5.41 Å². The zero-order valence-corrected chi connectivity index (χ0v) is 25.0. The Kier molecular flexibility index (Phi) is 7.41. The van der Waals surface area contributed by atoms with Crippen LogP contribution in [0.3, 0.4) is 0 Å². The van der Waals surface area contributed by atoms with Crippen LogP contribution in [0.15, 0.2) is 42.7 Å². The van der Waals surface area contributed by atoms with Gasteiger partial charge in [0.05, 0.1) is 24.6 Å². The largest absolute Gasteiger partial charge is 0.393 e. The van der Waals surface area contributed by atoms with Crippen LogP contribution in [0.2, 0.25) is 0 Å². The first-order valence-corrected chi connectivity index (χ1v) is 15.3. The van der Waals surface area contributed by atoms with E-state index >= 15 is 0 Å². The van der Waals surface area contributed by atoms with E-state index in [1.165, 1.54) is 18.0 Å². The molecule has 9 nitrogen and oxygen atoms in total. The highest BCUT2D eigenvalue weighted by molar-refractivity contribution is 5.90. The topological polar surface area (TPSA) is 99.3 Å². The number of nitrogens with one attached hydrogen (secondary N) is 1. The molecule has 3 aliphatic heterocycles. The lowest BCUT2D eigenvalue weighted by atomic mass is 9.72. The number of rotatable bonds is 6. The van der Waals surface area contributed by atoms with Crippen molar-refractivity contribution < 1.29 is 22.7 Å². The fourth-order valence-electron chi connectivity index (χ4n) is 7.17. The predicted molar refractivity (Wildman–Crippen MR) is 163 cm³/mol. The van der Waals surface area contributed by atoms with E-state index < -0.39 is 12.6 Å². The number of anilines is 1. The standard InChI is InChI=1S/C33H34F3N7O2/c1-21-23(3-5-29-26(21)11-24(13-37)43(29)16-25-14-38-30(44)17-45-25)15-41-8-6-32(7-9-41)18-42(19-32)31-27-10-22(12-33(34,35)36)2-4-28(27)39-20-40-31/h2-5,10-11,20,25H,6-9,12,14-19H2,1H3,(H,38,44)/t25-/m1/s1. The Morgan fingerprint density at radius 1 is 1.11 bits per heavy atom. The summed E-state index contributed by atoms with van der Waals surface area (Å²) in [4.78, 5) is 24.9. The summed E-state index contributed by atoms with van der Waals surface area (Å²) < 4.78 is 46.7. The highest BCUT2D eigenvalue weighted by Gasteiger charge is 2.45. The number of hydrogen-bond acceptors (Lipinski definition) is 7. The van der Waals surface area contributed by atoms with Crippen LogP contribution in [0.25, 0.3) is 21.8 Å². The Morgan fingerprint density at radius 3 is 2.62 bits per heavy atom. The second-order valence-electron chi connectivity index (χ2n) is 12.7. The molecule has 0 unspecified atom stereocenters. The molecule has 1 atom stereocenters. The molecule has 45 heavy (non-hydrogen) atoms. The first-order chi connectivity index (χ1) is 21.6. The monoisotopic (exact) mass is 617 g/mol. The summed E-state index contributed by atoms with van der Waals surface area (Å²) in [5.74, 6) is 0.591. The summed E-state index contributed by atoms with van der Waals surface area (Å²) in [5.41, 5.74) is 5.01. The van der Waals surface area contributed by atoms with Crippen molar-refractivity contribution in [3.05, 3.63) is 65.1 Å². The number of amides is 1. The molecule has 0 radical (unpaired) electrons. The number of fused-ring (bicyclic) bond motifs is 2. The molecule has 12 heteroatoms. The van der Waals surface area contributed by atoms with Crippen molar-refractivity contribution >= 4 is 33.5 Å². The molecule has 1 amide bonds. The molecular formula is C33H34F3N7O2. The van der Waals surface area contributed by atoms with Crippen molar-refractivity contribution in [1.29, 1.82) is 5.26 Å². The number of piperidine rings is 1. The van der Waals surface area contributed by atoms with Crippen molar-refractivity contribution in [2.75, 3.05) is 44.2 Å². The summed E-state index contributed by atoms with van der Waals surface area (Å²) in [6.45, 7) is 7.48. The van der Waals surface area contributed by atoms with Crippen molar-refractivity contribution in [3.8, 4) is 6.07 Å². The van der Waals surface area contributed by atoms with E-state index in [9.17, 15) is 23.2 Å². The van der Waals surface area contributed by atoms with Gasteiger partial charge in [-0.05, 0) is 73.8 Å². The van der Waals surface area contributed by atoms with E-state index in [0.29, 0.717) is 35.5 Å². The lowest BCUT2D eigenvalue weighted by Gasteiger charge is -2.54. The Balaban J connectivity index is 1.00. The maximum atomic E-state index is 13.0. The highest BCUT2D eigenvalue weighted by atomic mass is 19.4. The number of ether oxygens (including phenoxy) is 1. The Labute approximate surface area is 258 Å². The van der Waals surface area contributed by atoms with E-state index in [2.05, 4.69) is 50.2 Å². The van der Waals surface area contributed by atoms with Crippen LogP contribution in [-0.4, -0.2) is 77.0 Å². The Bertz CT molecular complexity index is 1800. The number of nitrogens with zero attached hydrogens (tertiary/aromatic N) is 6. The van der Waals surface area contributed by atoms with E-state index in [-0.39, 0.29) is 29.6 Å². The molecule has 234 valence electrons. The number of morpholine rings is 1. The zero-order chi connectivity index (χ0) is 31.3. The molecule has 0 aliphatic carbocycles. The molecule has 4 aromatic rings. The number of benzene rings is 2. The number of alkyl halides is 3. The zero-order valence-electron chi connectivity index (χ0n) is 25.0. The van der Waals surface area contributed by atoms with Crippen LogP contribution in [-0.2, 0) is 29.0 Å². The van der Waals surface area contributed by atoms with Gasteiger partial charge >= 0.3 is 6.18 Å². The van der Waals surface area contributed by atoms with Crippen LogP contribution in [0.5, 0.6) is 0 Å². The first-order valence-electron chi connectivity index (χ1n) is 15.3. The van der Waals surface area contributed by atoms with Crippen LogP contribution in [0, 0.1) is 23.7 Å². The summed E-state index contributed by atoms with van der Waals surface area (Å²) in [7, 11) is 0. The summed E-state index contributed by atoms with van der Waals surface area (Å²) in [6, 6.07) is 13.2. The van der Waals surface area contributed by atoms with Gasteiger partial charge in [0.15, 0.2) is 0 Å². The fourth-order valence-corrected chi connectivity index (χ4v) is 7.17. The number of aromatic nitrogens is 3. The normalized spacial score (nSPS) is 20.4. The maximum Gasteiger partial charge on any atom is 0.393 e. The average molecular weight is 618 g/mol. The number of hydrogen-bond donors (Lipinski definition) is 1. The molecule has 3 saturated heterocycles. The van der Waals surface area contributed by atoms with Gasteiger partial charge in [-0.2, -0.15) is 18.4 Å². The number of aryl methyl sites for hydroxylation is 1. The van der Waals surface area contributed by atoms with E-state index in [1.54, 1.807) is 12.1 Å². The molecule has 0 saturated carbocycles. The molecule has 2 aromatic carbocycles. The lowest BCUT2D eigenvalue weighted by molar-refractivity contribution is -0.133. The lowest BCUT2D eigenvalue weighted by Crippen LogP contribution is -2.60. The summed E-state index contributed by atoms with van der Waals surface area (Å²) in [6.07, 6.45) is -1.84. The number of halogens is 3. The number of likely N-dealkylation sites (tertiary alicyclic amines) is 1. The van der Waals surface area contributed by atoms with E-state index in [0.717, 1.165) is 62.0 Å².